The van der Waals surface area contributed by atoms with Gasteiger partial charge in [-0.25, -0.2) is 0 Å². The number of nitrogens with zero attached hydrogens (tertiary/aromatic N) is 1. The molecule has 0 bridgehead atoms. The lowest BCUT2D eigenvalue weighted by Crippen LogP contribution is -2.47. The van der Waals surface area contributed by atoms with Crippen LogP contribution in [0.3, 0.4) is 0 Å². The van der Waals surface area contributed by atoms with Crippen LogP contribution in [-0.4, -0.2) is 36.7 Å². The molecule has 2 fully saturated rings. The average molecular weight is 264 g/mol. The molecule has 0 amide bonds. The van der Waals surface area contributed by atoms with E-state index in [0.29, 0.717) is 12.1 Å². The Kier molecular flexibility index (Phi) is 4.21. The van der Waals surface area contributed by atoms with E-state index in [-0.39, 0.29) is 0 Å². The summed E-state index contributed by atoms with van der Waals surface area (Å²) in [6.07, 6.45) is 6.14. The van der Waals surface area contributed by atoms with Crippen molar-refractivity contribution in [2.75, 3.05) is 19.7 Å². The minimum Gasteiger partial charge on any atom is -0.468 e. The number of hydrogen-bond acceptors (Lipinski definition) is 4. The van der Waals surface area contributed by atoms with Gasteiger partial charge in [0.05, 0.1) is 25.5 Å². The first-order valence-corrected chi connectivity index (χ1v) is 7.49. The highest BCUT2D eigenvalue weighted by Crippen LogP contribution is 2.30. The van der Waals surface area contributed by atoms with Crippen LogP contribution in [0, 0.1) is 0 Å². The van der Waals surface area contributed by atoms with Gasteiger partial charge >= 0.3 is 0 Å². The molecule has 2 aliphatic rings. The Morgan fingerprint density at radius 3 is 3.26 bits per heavy atom. The molecule has 0 spiro atoms. The Morgan fingerprint density at radius 2 is 2.37 bits per heavy atom. The minimum atomic E-state index is 0.463. The van der Waals surface area contributed by atoms with E-state index >= 15 is 0 Å². The number of ether oxygens (including phenoxy) is 1. The van der Waals surface area contributed by atoms with Crippen LogP contribution in [0.5, 0.6) is 0 Å². The standard InChI is InChI=1S/C15H24N2O2/c1-2-16-9-12-8-13(19-11-12)10-17-6-7-18-15-5-3-4-14(15)17/h8,11,14-16H,2-7,9-10H2,1H3. The lowest BCUT2D eigenvalue weighted by atomic mass is 10.1. The number of morpholine rings is 1. The zero-order valence-corrected chi connectivity index (χ0v) is 11.7. The van der Waals surface area contributed by atoms with Crippen LogP contribution in [0.2, 0.25) is 0 Å². The van der Waals surface area contributed by atoms with Gasteiger partial charge in [-0.1, -0.05) is 6.92 Å². The van der Waals surface area contributed by atoms with Crippen LogP contribution in [0.15, 0.2) is 16.7 Å². The fourth-order valence-electron chi connectivity index (χ4n) is 3.27. The van der Waals surface area contributed by atoms with Crippen molar-refractivity contribution in [3.05, 3.63) is 23.7 Å². The molecule has 0 aromatic carbocycles. The summed E-state index contributed by atoms with van der Waals surface area (Å²) < 4.78 is 11.5. The van der Waals surface area contributed by atoms with E-state index in [1.54, 1.807) is 0 Å². The van der Waals surface area contributed by atoms with E-state index in [9.17, 15) is 0 Å². The molecule has 19 heavy (non-hydrogen) atoms. The predicted octanol–water partition coefficient (Wildman–Crippen LogP) is 2.14. The van der Waals surface area contributed by atoms with Crippen molar-refractivity contribution in [2.45, 2.75) is 51.4 Å². The summed E-state index contributed by atoms with van der Waals surface area (Å²) in [7, 11) is 0. The van der Waals surface area contributed by atoms with Gasteiger partial charge < -0.3 is 14.5 Å². The molecule has 2 unspecified atom stereocenters. The van der Waals surface area contributed by atoms with Crippen LogP contribution in [0.1, 0.15) is 37.5 Å². The molecule has 1 N–H and O–H groups in total. The maximum atomic E-state index is 5.85. The van der Waals surface area contributed by atoms with Crippen molar-refractivity contribution in [2.24, 2.45) is 0 Å². The van der Waals surface area contributed by atoms with Crippen LogP contribution >= 0.6 is 0 Å². The van der Waals surface area contributed by atoms with Gasteiger partial charge in [0.2, 0.25) is 0 Å². The normalized spacial score (nSPS) is 27.6. The first-order chi connectivity index (χ1) is 9.36. The monoisotopic (exact) mass is 264 g/mol. The molecule has 4 nitrogen and oxygen atoms in total. The topological polar surface area (TPSA) is 37.6 Å². The van der Waals surface area contributed by atoms with Gasteiger partial charge in [0, 0.05) is 24.7 Å². The fraction of sp³-hybridized carbons (Fsp3) is 0.733. The van der Waals surface area contributed by atoms with E-state index in [0.717, 1.165) is 38.5 Å². The largest absolute Gasteiger partial charge is 0.468 e. The Hall–Kier alpha value is -0.840. The second-order valence-corrected chi connectivity index (χ2v) is 5.58. The highest BCUT2D eigenvalue weighted by atomic mass is 16.5. The molecule has 2 heterocycles. The van der Waals surface area contributed by atoms with Gasteiger partial charge in [-0.15, -0.1) is 0 Å². The number of rotatable bonds is 5. The van der Waals surface area contributed by atoms with Crippen LogP contribution in [-0.2, 0) is 17.8 Å². The van der Waals surface area contributed by atoms with E-state index < -0.39 is 0 Å². The predicted molar refractivity (Wildman–Crippen MR) is 73.9 cm³/mol. The van der Waals surface area contributed by atoms with Crippen LogP contribution in [0.25, 0.3) is 0 Å². The minimum absolute atomic E-state index is 0.463. The Balaban J connectivity index is 1.59. The van der Waals surface area contributed by atoms with E-state index in [4.69, 9.17) is 9.15 Å². The third-order valence-electron chi connectivity index (χ3n) is 4.24. The lowest BCUT2D eigenvalue weighted by molar-refractivity contribution is -0.0606. The second-order valence-electron chi connectivity index (χ2n) is 5.58. The maximum absolute atomic E-state index is 5.85. The Labute approximate surface area is 115 Å². The highest BCUT2D eigenvalue weighted by molar-refractivity contribution is 5.13. The molecule has 1 saturated heterocycles. The summed E-state index contributed by atoms with van der Waals surface area (Å²) in [5.41, 5.74) is 1.24. The molecule has 1 aromatic rings. The third-order valence-corrected chi connectivity index (χ3v) is 4.24. The molecular formula is C15H24N2O2. The van der Waals surface area contributed by atoms with Crippen molar-refractivity contribution in [3.63, 3.8) is 0 Å². The van der Waals surface area contributed by atoms with Gasteiger partial charge in [-0.05, 0) is 31.9 Å². The molecule has 4 heteroatoms. The summed E-state index contributed by atoms with van der Waals surface area (Å²) in [6.45, 7) is 6.84. The summed E-state index contributed by atoms with van der Waals surface area (Å²) in [6, 6.07) is 2.79. The number of furan rings is 1. The van der Waals surface area contributed by atoms with Crippen molar-refractivity contribution in [1.29, 1.82) is 0 Å². The lowest BCUT2D eigenvalue weighted by Gasteiger charge is -2.37. The molecule has 2 atom stereocenters. The molecular weight excluding hydrogens is 240 g/mol. The van der Waals surface area contributed by atoms with Gasteiger partial charge in [-0.2, -0.15) is 0 Å². The second kappa shape index (κ2) is 6.07. The van der Waals surface area contributed by atoms with Crippen molar-refractivity contribution < 1.29 is 9.15 Å². The zero-order chi connectivity index (χ0) is 13.1. The Morgan fingerprint density at radius 1 is 1.42 bits per heavy atom. The quantitative estimate of drug-likeness (QED) is 0.884. The zero-order valence-electron chi connectivity index (χ0n) is 11.7. The SMILES string of the molecule is CCNCc1coc(CN2CCOC3CCCC32)c1. The number of nitrogens with one attached hydrogen (secondary N) is 1. The van der Waals surface area contributed by atoms with Crippen molar-refractivity contribution in [1.82, 2.24) is 10.2 Å². The average Bonchev–Trinajstić information content (AvgIpc) is 3.05. The summed E-state index contributed by atoms with van der Waals surface area (Å²) >= 11 is 0. The molecule has 1 aromatic heterocycles. The van der Waals surface area contributed by atoms with Gasteiger partial charge in [-0.3, -0.25) is 4.90 Å². The molecule has 1 saturated carbocycles. The van der Waals surface area contributed by atoms with E-state index in [1.165, 1.54) is 24.8 Å². The molecule has 1 aliphatic heterocycles. The molecule has 1 aliphatic carbocycles. The first kappa shape index (κ1) is 13.2. The summed E-state index contributed by atoms with van der Waals surface area (Å²) in [5, 5.41) is 3.32. The van der Waals surface area contributed by atoms with Gasteiger partial charge in [0.25, 0.3) is 0 Å². The van der Waals surface area contributed by atoms with E-state index in [2.05, 4.69) is 23.2 Å². The third kappa shape index (κ3) is 3.02. The fourth-order valence-corrected chi connectivity index (χ4v) is 3.27. The van der Waals surface area contributed by atoms with Crippen molar-refractivity contribution >= 4 is 0 Å². The van der Waals surface area contributed by atoms with Crippen LogP contribution < -0.4 is 5.32 Å². The molecule has 106 valence electrons. The van der Waals surface area contributed by atoms with E-state index in [1.807, 2.05) is 6.26 Å². The van der Waals surface area contributed by atoms with Crippen molar-refractivity contribution in [3.8, 4) is 0 Å². The van der Waals surface area contributed by atoms with Crippen LogP contribution in [0.4, 0.5) is 0 Å². The van der Waals surface area contributed by atoms with Gasteiger partial charge in [0.1, 0.15) is 5.76 Å². The molecule has 0 radical (unpaired) electrons. The first-order valence-electron chi connectivity index (χ1n) is 7.49. The number of fused-ring (bicyclic) bond motifs is 1. The highest BCUT2D eigenvalue weighted by Gasteiger charge is 2.36. The maximum Gasteiger partial charge on any atom is 0.118 e. The Bertz CT molecular complexity index is 405. The number of hydrogen-bond donors (Lipinski definition) is 1. The summed E-state index contributed by atoms with van der Waals surface area (Å²) in [5.74, 6) is 1.08. The molecule has 3 rings (SSSR count). The smallest absolute Gasteiger partial charge is 0.118 e. The van der Waals surface area contributed by atoms with Gasteiger partial charge in [0.15, 0.2) is 0 Å². The summed E-state index contributed by atoms with van der Waals surface area (Å²) in [4.78, 5) is 2.54.